The van der Waals surface area contributed by atoms with Gasteiger partial charge in [-0.25, -0.2) is 0 Å². The molecule has 0 saturated heterocycles. The third-order valence-corrected chi connectivity index (χ3v) is 15.6. The number of hydrogen-bond donors (Lipinski definition) is 0. The number of aromatic nitrogens is 2. The Labute approximate surface area is 461 Å². The highest BCUT2D eigenvalue weighted by molar-refractivity contribution is 6.14. The minimum absolute atomic E-state index is 0.0588. The quantitative estimate of drug-likeness (QED) is 0.152. The van der Waals surface area contributed by atoms with Crippen molar-refractivity contribution in [2.45, 2.75) is 33.9 Å². The smallest absolute Gasteiger partial charge is 0.309 e. The van der Waals surface area contributed by atoms with Crippen LogP contribution in [0.3, 0.4) is 0 Å². The fourth-order valence-corrected chi connectivity index (χ4v) is 11.8. The van der Waals surface area contributed by atoms with Gasteiger partial charge in [0.1, 0.15) is 0 Å². The summed E-state index contributed by atoms with van der Waals surface area (Å²) in [6.45, 7) is 8.35. The minimum Gasteiger partial charge on any atom is -0.309 e. The van der Waals surface area contributed by atoms with Crippen molar-refractivity contribution in [2.75, 3.05) is 0 Å². The van der Waals surface area contributed by atoms with Gasteiger partial charge in [0.15, 0.2) is 0 Å². The van der Waals surface area contributed by atoms with E-state index in [1.807, 2.05) is 30.3 Å². The molecule has 4 nitrogen and oxygen atoms in total. The average molecular weight is 1040 g/mol. The zero-order valence-electron chi connectivity index (χ0n) is 44.3. The van der Waals surface area contributed by atoms with E-state index < -0.39 is 11.7 Å². The van der Waals surface area contributed by atoms with E-state index in [2.05, 4.69) is 213 Å². The lowest BCUT2D eigenvalue weighted by molar-refractivity contribution is -0.137. The second kappa shape index (κ2) is 19.4. The molecule has 0 bridgehead atoms. The Morgan fingerprint density at radius 2 is 0.662 bits per heavy atom. The predicted molar refractivity (Wildman–Crippen MR) is 321 cm³/mol. The van der Waals surface area contributed by atoms with Crippen molar-refractivity contribution in [2.24, 2.45) is 0 Å². The predicted octanol–water partition coefficient (Wildman–Crippen LogP) is 19.9. The largest absolute Gasteiger partial charge is 0.417 e. The first kappa shape index (κ1) is 49.4. The van der Waals surface area contributed by atoms with Gasteiger partial charge in [0.25, 0.3) is 0 Å². The summed E-state index contributed by atoms with van der Waals surface area (Å²) in [4.78, 5) is 0. The van der Waals surface area contributed by atoms with Gasteiger partial charge in [0, 0.05) is 32.7 Å². The van der Waals surface area contributed by atoms with Crippen LogP contribution in [0.2, 0.25) is 0 Å². The van der Waals surface area contributed by atoms with Crippen LogP contribution in [0.5, 0.6) is 0 Å². The van der Waals surface area contributed by atoms with Crippen LogP contribution in [0.1, 0.15) is 38.9 Å². The lowest BCUT2D eigenvalue weighted by Gasteiger charge is -2.21. The molecule has 80 heavy (non-hydrogen) atoms. The zero-order valence-corrected chi connectivity index (χ0v) is 44.3. The molecule has 2 heterocycles. The molecule has 0 spiro atoms. The van der Waals surface area contributed by atoms with Crippen LogP contribution in [0.25, 0.3) is 122 Å². The molecule has 0 saturated carbocycles. The monoisotopic (exact) mass is 1040 g/mol. The third kappa shape index (κ3) is 8.67. The molecule has 13 rings (SSSR count). The molecule has 382 valence electrons. The highest BCUT2D eigenvalue weighted by Gasteiger charge is 2.34. The summed E-state index contributed by atoms with van der Waals surface area (Å²) in [6, 6.07) is 79.1. The van der Waals surface area contributed by atoms with Gasteiger partial charge in [-0.2, -0.15) is 23.7 Å². The highest BCUT2D eigenvalue weighted by Crippen LogP contribution is 2.46. The number of aryl methyl sites for hydroxylation is 4. The first-order valence-corrected chi connectivity index (χ1v) is 26.6. The molecule has 7 heteroatoms. The highest BCUT2D eigenvalue weighted by atomic mass is 19.4. The van der Waals surface area contributed by atoms with Gasteiger partial charge >= 0.3 is 6.18 Å². The Hall–Kier alpha value is -10.2. The molecule has 0 radical (unpaired) electrons. The maximum atomic E-state index is 15.3. The molecule has 0 unspecified atom stereocenters. The van der Waals surface area contributed by atoms with Crippen LogP contribution in [0, 0.1) is 50.4 Å². The standard InChI is InChI=1S/C73H49F3N4/c1-44-9-5-13-50(31-44)54-19-26-68-62(37-54)63-38-55(51-14-6-10-45(2)32-51)20-27-69(63)79(68)67-30-23-58(59-24-17-48(42-77)35-66(59)73(74,75)76)41-61(67)60-25-18-49(43-78)36-72(60)80-70-28-21-56(52-15-7-11-46(3)33-52)39-64(70)65-40-57(22-29-71(65)80)53-16-8-12-47(4)34-53/h5-41H,1-4H3. The molecule has 0 aliphatic heterocycles. The Kier molecular flexibility index (Phi) is 11.9. The lowest BCUT2D eigenvalue weighted by Crippen LogP contribution is -2.08. The maximum Gasteiger partial charge on any atom is 0.417 e. The molecular formula is C73H49F3N4. The van der Waals surface area contributed by atoms with Gasteiger partial charge in [0.05, 0.1) is 62.3 Å². The Bertz CT molecular complexity index is 4580. The van der Waals surface area contributed by atoms with E-state index in [9.17, 15) is 10.5 Å². The van der Waals surface area contributed by atoms with Crippen molar-refractivity contribution >= 4 is 43.6 Å². The molecule has 0 aliphatic carbocycles. The van der Waals surface area contributed by atoms with E-state index in [1.54, 1.807) is 12.1 Å². The first-order valence-electron chi connectivity index (χ1n) is 26.6. The molecule has 0 N–H and O–H groups in total. The number of fused-ring (bicyclic) bond motifs is 6. The Morgan fingerprint density at radius 1 is 0.312 bits per heavy atom. The molecule has 11 aromatic carbocycles. The molecule has 2 aromatic heterocycles. The van der Waals surface area contributed by atoms with E-state index in [1.165, 1.54) is 12.1 Å². The zero-order chi connectivity index (χ0) is 55.0. The first-order chi connectivity index (χ1) is 38.8. The van der Waals surface area contributed by atoms with E-state index in [0.717, 1.165) is 122 Å². The van der Waals surface area contributed by atoms with E-state index in [4.69, 9.17) is 0 Å². The van der Waals surface area contributed by atoms with E-state index in [-0.39, 0.29) is 11.1 Å². The summed E-state index contributed by atoms with van der Waals surface area (Å²) >= 11 is 0. The summed E-state index contributed by atoms with van der Waals surface area (Å²) in [5.41, 5.74) is 19.1. The van der Waals surface area contributed by atoms with Crippen molar-refractivity contribution in [3.63, 3.8) is 0 Å². The van der Waals surface area contributed by atoms with Gasteiger partial charge in [-0.05, 0) is 168 Å². The Balaban J connectivity index is 1.13. The van der Waals surface area contributed by atoms with Gasteiger partial charge in [-0.15, -0.1) is 0 Å². The second-order valence-corrected chi connectivity index (χ2v) is 21.0. The topological polar surface area (TPSA) is 57.4 Å². The van der Waals surface area contributed by atoms with E-state index >= 15 is 13.2 Å². The number of nitriles is 2. The fraction of sp³-hybridized carbons (Fsp3) is 0.0685. The SMILES string of the molecule is Cc1cccc(-c2ccc3c(c2)c2cc(-c4cccc(C)c4)ccc2n3-c2ccc(-c3ccc(C#N)cc3C(F)(F)F)cc2-c2ccc(C#N)cc2-n2c3ccc(-c4cccc(C)c4)cc3c3cc(-c4cccc(C)c4)ccc32)c1. The third-order valence-electron chi connectivity index (χ3n) is 15.6. The second-order valence-electron chi connectivity index (χ2n) is 21.0. The van der Waals surface area contributed by atoms with Crippen molar-refractivity contribution in [1.29, 1.82) is 10.5 Å². The van der Waals surface area contributed by atoms with Crippen molar-refractivity contribution in [1.82, 2.24) is 9.13 Å². The number of nitrogens with zero attached hydrogens (tertiary/aromatic N) is 4. The maximum absolute atomic E-state index is 15.3. The number of halogens is 3. The average Bonchev–Trinajstić information content (AvgIpc) is 4.01. The van der Waals surface area contributed by atoms with Crippen LogP contribution in [-0.4, -0.2) is 9.13 Å². The molecule has 0 aliphatic rings. The molecular weight excluding hydrogens is 990 g/mol. The summed E-state index contributed by atoms with van der Waals surface area (Å²) in [5, 5.41) is 24.6. The number of alkyl halides is 3. The summed E-state index contributed by atoms with van der Waals surface area (Å²) in [5.74, 6) is 0. The van der Waals surface area contributed by atoms with Crippen LogP contribution in [-0.2, 0) is 6.18 Å². The number of benzene rings is 11. The van der Waals surface area contributed by atoms with Gasteiger partial charge in [-0.3, -0.25) is 0 Å². The van der Waals surface area contributed by atoms with Crippen LogP contribution in [0.15, 0.2) is 224 Å². The Morgan fingerprint density at radius 3 is 1.04 bits per heavy atom. The van der Waals surface area contributed by atoms with Gasteiger partial charge in [-0.1, -0.05) is 162 Å². The van der Waals surface area contributed by atoms with Crippen LogP contribution in [0.4, 0.5) is 13.2 Å². The van der Waals surface area contributed by atoms with E-state index in [0.29, 0.717) is 27.9 Å². The van der Waals surface area contributed by atoms with Crippen molar-refractivity contribution in [3.8, 4) is 90.3 Å². The minimum atomic E-state index is -4.77. The molecule has 13 aromatic rings. The number of hydrogen-bond acceptors (Lipinski definition) is 2. The van der Waals surface area contributed by atoms with Crippen molar-refractivity contribution < 1.29 is 13.2 Å². The lowest BCUT2D eigenvalue weighted by atomic mass is 9.92. The molecule has 0 amide bonds. The molecule has 0 fully saturated rings. The van der Waals surface area contributed by atoms with Crippen LogP contribution < -0.4 is 0 Å². The van der Waals surface area contributed by atoms with Crippen molar-refractivity contribution in [3.05, 3.63) is 263 Å². The fourth-order valence-electron chi connectivity index (χ4n) is 11.8. The number of rotatable bonds is 8. The van der Waals surface area contributed by atoms with Crippen LogP contribution >= 0.6 is 0 Å². The van der Waals surface area contributed by atoms with Gasteiger partial charge < -0.3 is 9.13 Å². The summed E-state index contributed by atoms with van der Waals surface area (Å²) < 4.78 is 50.3. The summed E-state index contributed by atoms with van der Waals surface area (Å²) in [6.07, 6.45) is -4.77. The normalized spacial score (nSPS) is 11.7. The van der Waals surface area contributed by atoms with Gasteiger partial charge in [0.2, 0.25) is 0 Å². The summed E-state index contributed by atoms with van der Waals surface area (Å²) in [7, 11) is 0. The molecule has 0 atom stereocenters.